The molecule has 0 saturated heterocycles. The van der Waals surface area contributed by atoms with Crippen molar-refractivity contribution in [2.75, 3.05) is 5.32 Å². The molecule has 2 aromatic carbocycles. The van der Waals surface area contributed by atoms with Crippen LogP contribution in [0.1, 0.15) is 19.3 Å². The molecule has 31 heavy (non-hydrogen) atoms. The minimum absolute atomic E-state index is 0.588. The number of rotatable bonds is 5. The van der Waals surface area contributed by atoms with Crippen LogP contribution in [0.5, 0.6) is 0 Å². The van der Waals surface area contributed by atoms with Gasteiger partial charge < -0.3 is 10.3 Å². The highest BCUT2D eigenvalue weighted by molar-refractivity contribution is 5.97. The number of fused-ring (bicyclic) bond motifs is 2. The minimum Gasteiger partial charge on any atom is -0.358 e. The molecule has 3 heterocycles. The number of nitrogens with one attached hydrogen (secondary N) is 3. The Morgan fingerprint density at radius 3 is 2.71 bits per heavy atom. The highest BCUT2D eigenvalue weighted by Gasteiger charge is 2.20. The third kappa shape index (κ3) is 3.19. The van der Waals surface area contributed by atoms with Gasteiger partial charge in [-0.1, -0.05) is 37.3 Å². The van der Waals surface area contributed by atoms with E-state index in [0.717, 1.165) is 50.3 Å². The van der Waals surface area contributed by atoms with Crippen LogP contribution >= 0.6 is 0 Å². The molecule has 3 aromatic heterocycles. The van der Waals surface area contributed by atoms with E-state index < -0.39 is 0 Å². The fourth-order valence-electron chi connectivity index (χ4n) is 4.31. The topological polar surface area (TPSA) is 69.4 Å². The number of hydrogen-bond donors (Lipinski definition) is 3. The fourth-order valence-corrected chi connectivity index (χ4v) is 4.31. The predicted octanol–water partition coefficient (Wildman–Crippen LogP) is 6.50. The first-order chi connectivity index (χ1) is 15.2. The number of anilines is 1. The first kappa shape index (κ1) is 18.0. The summed E-state index contributed by atoms with van der Waals surface area (Å²) in [5.41, 5.74) is 8.31. The molecule has 5 heteroatoms. The number of nitrogens with zero attached hydrogens (tertiary/aromatic N) is 2. The molecule has 0 bridgehead atoms. The lowest BCUT2D eigenvalue weighted by molar-refractivity contribution is 0.371. The molecule has 6 rings (SSSR count). The van der Waals surface area contributed by atoms with E-state index in [1.54, 1.807) is 0 Å². The highest BCUT2D eigenvalue weighted by atomic mass is 15.1. The Balaban J connectivity index is 1.37. The summed E-state index contributed by atoms with van der Waals surface area (Å²) in [5, 5.41) is 13.5. The van der Waals surface area contributed by atoms with Crippen LogP contribution in [0.3, 0.4) is 0 Å². The molecule has 3 N–H and O–H groups in total. The van der Waals surface area contributed by atoms with E-state index in [2.05, 4.69) is 74.5 Å². The number of pyridine rings is 1. The Morgan fingerprint density at radius 1 is 0.968 bits per heavy atom. The molecule has 0 spiro atoms. The maximum atomic E-state index is 4.59. The van der Waals surface area contributed by atoms with Crippen LogP contribution in [0, 0.1) is 5.92 Å². The van der Waals surface area contributed by atoms with Crippen LogP contribution in [0.15, 0.2) is 79.3 Å². The number of para-hydroxylation sites is 1. The third-order valence-corrected chi connectivity index (χ3v) is 6.32. The average molecular weight is 406 g/mol. The first-order valence-electron chi connectivity index (χ1n) is 10.7. The van der Waals surface area contributed by atoms with Gasteiger partial charge in [0.2, 0.25) is 0 Å². The third-order valence-electron chi connectivity index (χ3n) is 6.32. The lowest BCUT2D eigenvalue weighted by Crippen LogP contribution is -2.18. The molecule has 152 valence electrons. The Kier molecular flexibility index (Phi) is 4.13. The van der Waals surface area contributed by atoms with Crippen LogP contribution in [-0.4, -0.2) is 20.2 Å². The number of aromatic amines is 2. The number of H-pyrrole nitrogens is 2. The number of aromatic nitrogens is 4. The van der Waals surface area contributed by atoms with Gasteiger partial charge in [-0.15, -0.1) is 0 Å². The zero-order valence-corrected chi connectivity index (χ0v) is 17.2. The Hall–Kier alpha value is -3.86. The standard InChI is InChI=1S/C26H23N5/c1-16(17-6-4-7-17)28-21-11-20(14-27-15-21)18-9-10-24-22(12-18)26(31-30-24)25-13-19-5-2-3-8-23(19)29-25/h2-3,5,8-15,17,28-29H,1,4,6-7H2,(H,30,31). The Morgan fingerprint density at radius 2 is 1.87 bits per heavy atom. The van der Waals surface area contributed by atoms with Crippen molar-refractivity contribution < 1.29 is 0 Å². The average Bonchev–Trinajstić information content (AvgIpc) is 3.36. The van der Waals surface area contributed by atoms with Crippen LogP contribution in [0.2, 0.25) is 0 Å². The first-order valence-corrected chi connectivity index (χ1v) is 10.7. The van der Waals surface area contributed by atoms with Crippen molar-refractivity contribution in [2.24, 2.45) is 5.92 Å². The molecular formula is C26H23N5. The molecule has 0 aliphatic heterocycles. The van der Waals surface area contributed by atoms with E-state index in [-0.39, 0.29) is 0 Å². The van der Waals surface area contributed by atoms with Crippen molar-refractivity contribution in [3.8, 4) is 22.5 Å². The van der Waals surface area contributed by atoms with Crippen molar-refractivity contribution in [2.45, 2.75) is 19.3 Å². The summed E-state index contributed by atoms with van der Waals surface area (Å²) in [5.74, 6) is 0.588. The van der Waals surface area contributed by atoms with E-state index in [0.29, 0.717) is 5.92 Å². The van der Waals surface area contributed by atoms with Crippen molar-refractivity contribution in [1.82, 2.24) is 20.2 Å². The van der Waals surface area contributed by atoms with Crippen molar-refractivity contribution >= 4 is 27.5 Å². The molecule has 1 aliphatic rings. The van der Waals surface area contributed by atoms with Crippen LogP contribution in [0.25, 0.3) is 44.3 Å². The zero-order valence-electron chi connectivity index (χ0n) is 17.2. The van der Waals surface area contributed by atoms with Gasteiger partial charge >= 0.3 is 0 Å². The van der Waals surface area contributed by atoms with E-state index in [1.165, 1.54) is 24.6 Å². The summed E-state index contributed by atoms with van der Waals surface area (Å²) in [6, 6.07) is 18.9. The second kappa shape index (κ2) is 7.13. The predicted molar refractivity (Wildman–Crippen MR) is 127 cm³/mol. The smallest absolute Gasteiger partial charge is 0.116 e. The van der Waals surface area contributed by atoms with E-state index >= 15 is 0 Å². The highest BCUT2D eigenvalue weighted by Crippen LogP contribution is 2.34. The number of hydrogen-bond acceptors (Lipinski definition) is 3. The summed E-state index contributed by atoms with van der Waals surface area (Å²) < 4.78 is 0. The Labute approximate surface area is 180 Å². The van der Waals surface area contributed by atoms with Gasteiger partial charge in [-0.25, -0.2) is 0 Å². The van der Waals surface area contributed by atoms with Crippen molar-refractivity contribution in [3.05, 3.63) is 79.3 Å². The van der Waals surface area contributed by atoms with Crippen LogP contribution in [0.4, 0.5) is 5.69 Å². The van der Waals surface area contributed by atoms with E-state index in [1.807, 2.05) is 24.5 Å². The van der Waals surface area contributed by atoms with Gasteiger partial charge in [0, 0.05) is 33.7 Å². The maximum Gasteiger partial charge on any atom is 0.116 e. The molecule has 0 atom stereocenters. The molecule has 0 radical (unpaired) electrons. The zero-order chi connectivity index (χ0) is 20.8. The van der Waals surface area contributed by atoms with Gasteiger partial charge in [0.25, 0.3) is 0 Å². The van der Waals surface area contributed by atoms with Crippen molar-refractivity contribution in [3.63, 3.8) is 0 Å². The molecule has 1 fully saturated rings. The van der Waals surface area contributed by atoms with Gasteiger partial charge in [-0.3, -0.25) is 10.1 Å². The van der Waals surface area contributed by atoms with Gasteiger partial charge in [0.15, 0.2) is 0 Å². The molecule has 0 unspecified atom stereocenters. The molecule has 5 aromatic rings. The second-order valence-corrected chi connectivity index (χ2v) is 8.34. The minimum atomic E-state index is 0.588. The lowest BCUT2D eigenvalue weighted by Gasteiger charge is -2.28. The summed E-state index contributed by atoms with van der Waals surface area (Å²) in [4.78, 5) is 7.95. The largest absolute Gasteiger partial charge is 0.358 e. The van der Waals surface area contributed by atoms with E-state index in [4.69, 9.17) is 0 Å². The molecule has 1 aliphatic carbocycles. The lowest BCUT2D eigenvalue weighted by atomic mass is 9.83. The quantitative estimate of drug-likeness (QED) is 0.313. The summed E-state index contributed by atoms with van der Waals surface area (Å²) >= 11 is 0. The van der Waals surface area contributed by atoms with Gasteiger partial charge in [0.05, 0.1) is 23.1 Å². The molecule has 0 amide bonds. The van der Waals surface area contributed by atoms with E-state index in [9.17, 15) is 0 Å². The molecule has 1 saturated carbocycles. The summed E-state index contributed by atoms with van der Waals surface area (Å²) in [6.45, 7) is 4.22. The summed E-state index contributed by atoms with van der Waals surface area (Å²) in [7, 11) is 0. The number of benzene rings is 2. The van der Waals surface area contributed by atoms with Crippen molar-refractivity contribution in [1.29, 1.82) is 0 Å². The summed E-state index contributed by atoms with van der Waals surface area (Å²) in [6.07, 6.45) is 7.52. The maximum absolute atomic E-state index is 4.59. The van der Waals surface area contributed by atoms with Gasteiger partial charge in [-0.05, 0) is 54.7 Å². The fraction of sp³-hybridized carbons (Fsp3) is 0.154. The van der Waals surface area contributed by atoms with Gasteiger partial charge in [0.1, 0.15) is 5.69 Å². The molecular weight excluding hydrogens is 382 g/mol. The normalized spacial score (nSPS) is 14.1. The van der Waals surface area contributed by atoms with Crippen LogP contribution in [-0.2, 0) is 0 Å². The van der Waals surface area contributed by atoms with Crippen LogP contribution < -0.4 is 5.32 Å². The van der Waals surface area contributed by atoms with Gasteiger partial charge in [-0.2, -0.15) is 5.10 Å². The number of allylic oxidation sites excluding steroid dienone is 1. The Bertz CT molecular complexity index is 1390. The SMILES string of the molecule is C=C(Nc1cncc(-c2ccc3[nH]nc(-c4cc5ccccc5[nH]4)c3c2)c1)C1CCC1. The monoisotopic (exact) mass is 405 g/mol. The second-order valence-electron chi connectivity index (χ2n) is 8.34. The molecule has 5 nitrogen and oxygen atoms in total.